The molecule has 3 aromatic carbocycles. The van der Waals surface area contributed by atoms with E-state index in [9.17, 15) is 4.79 Å². The molecule has 0 fully saturated rings. The van der Waals surface area contributed by atoms with Gasteiger partial charge in [-0.3, -0.25) is 9.69 Å². The van der Waals surface area contributed by atoms with Gasteiger partial charge in [0.1, 0.15) is 0 Å². The summed E-state index contributed by atoms with van der Waals surface area (Å²) in [5.74, 6) is 1.92. The van der Waals surface area contributed by atoms with Crippen molar-refractivity contribution in [3.8, 4) is 11.5 Å². The van der Waals surface area contributed by atoms with Crippen LogP contribution in [0.4, 0.5) is 11.4 Å². The Balaban J connectivity index is 1.38. The summed E-state index contributed by atoms with van der Waals surface area (Å²) in [4.78, 5) is 18.3. The highest BCUT2D eigenvalue weighted by Gasteiger charge is 2.27. The summed E-state index contributed by atoms with van der Waals surface area (Å²) < 4.78 is 11.5. The van der Waals surface area contributed by atoms with Crippen molar-refractivity contribution >= 4 is 40.8 Å². The van der Waals surface area contributed by atoms with E-state index in [-0.39, 0.29) is 5.91 Å². The Morgan fingerprint density at radius 3 is 2.28 bits per heavy atom. The van der Waals surface area contributed by atoms with Crippen molar-refractivity contribution < 1.29 is 14.3 Å². The maximum atomic E-state index is 13.3. The third-order valence-corrected chi connectivity index (χ3v) is 6.87. The summed E-state index contributed by atoms with van der Waals surface area (Å²) in [6.45, 7) is 1.32. The molecule has 0 saturated carbocycles. The van der Waals surface area contributed by atoms with Crippen molar-refractivity contribution in [2.45, 2.75) is 21.1 Å². The Morgan fingerprint density at radius 1 is 0.897 bits per heavy atom. The van der Waals surface area contributed by atoms with Crippen LogP contribution in [0.15, 0.2) is 81.4 Å². The maximum Gasteiger partial charge on any atom is 0.241 e. The molecule has 2 aliphatic heterocycles. The number of para-hydroxylation sites is 2. The topological polar surface area (TPSA) is 38.8 Å². The van der Waals surface area contributed by atoms with Gasteiger partial charge in [0.2, 0.25) is 5.91 Å². The predicted molar refractivity (Wildman–Crippen MR) is 117 cm³/mol. The highest BCUT2D eigenvalue weighted by atomic mass is 32.2. The molecule has 0 aliphatic carbocycles. The minimum atomic E-state index is 0.0577. The SMILES string of the molecule is O=C(CSc1ccc2c(c1)OCCCO2)N1c2ccccc2Sc2ccccc21. The number of anilines is 2. The fraction of sp³-hybridized carbons (Fsp3) is 0.174. The Hall–Kier alpha value is -2.57. The van der Waals surface area contributed by atoms with Gasteiger partial charge in [-0.25, -0.2) is 0 Å². The maximum absolute atomic E-state index is 13.3. The van der Waals surface area contributed by atoms with Crippen LogP contribution in [0.25, 0.3) is 0 Å². The van der Waals surface area contributed by atoms with Crippen molar-refractivity contribution in [2.24, 2.45) is 0 Å². The van der Waals surface area contributed by atoms with E-state index in [1.165, 1.54) is 11.8 Å². The molecular formula is C23H19NO3S2. The largest absolute Gasteiger partial charge is 0.490 e. The van der Waals surface area contributed by atoms with E-state index in [1.807, 2.05) is 59.5 Å². The summed E-state index contributed by atoms with van der Waals surface area (Å²) in [5, 5.41) is 0. The van der Waals surface area contributed by atoms with Crippen LogP contribution in [0.2, 0.25) is 0 Å². The van der Waals surface area contributed by atoms with E-state index in [4.69, 9.17) is 9.47 Å². The van der Waals surface area contributed by atoms with Crippen LogP contribution >= 0.6 is 23.5 Å². The van der Waals surface area contributed by atoms with Crippen LogP contribution in [-0.2, 0) is 4.79 Å². The second-order valence-electron chi connectivity index (χ2n) is 6.71. The molecule has 0 atom stereocenters. The number of hydrogen-bond donors (Lipinski definition) is 0. The molecule has 0 bridgehead atoms. The fourth-order valence-corrected chi connectivity index (χ4v) is 5.25. The number of hydrogen-bond acceptors (Lipinski definition) is 5. The van der Waals surface area contributed by atoms with Crippen LogP contribution in [0.3, 0.4) is 0 Å². The third-order valence-electron chi connectivity index (χ3n) is 4.76. The first kappa shape index (κ1) is 18.5. The summed E-state index contributed by atoms with van der Waals surface area (Å²) in [6, 6.07) is 22.0. The number of nitrogens with zero attached hydrogens (tertiary/aromatic N) is 1. The van der Waals surface area contributed by atoms with E-state index >= 15 is 0 Å². The minimum Gasteiger partial charge on any atom is -0.490 e. The molecule has 2 heterocycles. The molecule has 146 valence electrons. The van der Waals surface area contributed by atoms with Gasteiger partial charge in [-0.15, -0.1) is 11.8 Å². The first-order valence-electron chi connectivity index (χ1n) is 9.51. The summed E-state index contributed by atoms with van der Waals surface area (Å²) in [6.07, 6.45) is 0.876. The number of rotatable bonds is 3. The molecule has 0 spiro atoms. The van der Waals surface area contributed by atoms with E-state index < -0.39 is 0 Å². The Kier molecular flexibility index (Phi) is 5.12. The van der Waals surface area contributed by atoms with Crippen LogP contribution in [-0.4, -0.2) is 24.9 Å². The highest BCUT2D eigenvalue weighted by molar-refractivity contribution is 8.00. The van der Waals surface area contributed by atoms with Crippen LogP contribution in [0, 0.1) is 0 Å². The van der Waals surface area contributed by atoms with Gasteiger partial charge in [0.15, 0.2) is 11.5 Å². The number of amides is 1. The zero-order chi connectivity index (χ0) is 19.6. The van der Waals surface area contributed by atoms with Crippen molar-refractivity contribution in [1.82, 2.24) is 0 Å². The third kappa shape index (κ3) is 3.70. The van der Waals surface area contributed by atoms with E-state index in [2.05, 4.69) is 12.1 Å². The molecule has 0 unspecified atom stereocenters. The number of benzene rings is 3. The van der Waals surface area contributed by atoms with Gasteiger partial charge in [0.05, 0.1) is 30.3 Å². The normalized spacial score (nSPS) is 14.6. The van der Waals surface area contributed by atoms with Gasteiger partial charge in [-0.05, 0) is 42.5 Å². The molecular weight excluding hydrogens is 402 g/mol. The minimum absolute atomic E-state index is 0.0577. The number of carbonyl (C=O) groups excluding carboxylic acids is 1. The number of ether oxygens (including phenoxy) is 2. The van der Waals surface area contributed by atoms with Crippen molar-refractivity contribution in [1.29, 1.82) is 0 Å². The van der Waals surface area contributed by atoms with Gasteiger partial charge in [-0.1, -0.05) is 36.0 Å². The molecule has 0 radical (unpaired) electrons. The molecule has 29 heavy (non-hydrogen) atoms. The monoisotopic (exact) mass is 421 g/mol. The van der Waals surface area contributed by atoms with Crippen molar-refractivity contribution in [3.63, 3.8) is 0 Å². The summed E-state index contributed by atoms with van der Waals surface area (Å²) in [5.41, 5.74) is 1.89. The average Bonchev–Trinajstić information content (AvgIpc) is 3.00. The lowest BCUT2D eigenvalue weighted by Gasteiger charge is -2.31. The molecule has 0 saturated heterocycles. The predicted octanol–water partition coefficient (Wildman–Crippen LogP) is 5.77. The van der Waals surface area contributed by atoms with E-state index in [0.29, 0.717) is 19.0 Å². The fourth-order valence-electron chi connectivity index (χ4n) is 3.42. The van der Waals surface area contributed by atoms with E-state index in [0.717, 1.165) is 44.0 Å². The zero-order valence-corrected chi connectivity index (χ0v) is 17.3. The Labute approximate surface area is 178 Å². The molecule has 0 N–H and O–H groups in total. The summed E-state index contributed by atoms with van der Waals surface area (Å²) >= 11 is 3.22. The quantitative estimate of drug-likeness (QED) is 0.502. The van der Waals surface area contributed by atoms with Gasteiger partial charge in [0.25, 0.3) is 0 Å². The molecule has 4 nitrogen and oxygen atoms in total. The standard InChI is InChI=1S/C23H19NO3S2/c25-23(15-28-16-10-11-19-20(14-16)27-13-5-12-26-19)24-17-6-1-3-8-21(17)29-22-9-4-2-7-18(22)24/h1-4,6-11,14H,5,12-13,15H2. The van der Waals surface area contributed by atoms with Gasteiger partial charge in [-0.2, -0.15) is 0 Å². The molecule has 5 rings (SSSR count). The number of carbonyl (C=O) groups is 1. The Bertz CT molecular complexity index is 1020. The molecule has 2 aliphatic rings. The number of fused-ring (bicyclic) bond motifs is 3. The lowest BCUT2D eigenvalue weighted by molar-refractivity contribution is -0.115. The number of thioether (sulfide) groups is 1. The molecule has 0 aromatic heterocycles. The first-order chi connectivity index (χ1) is 14.3. The molecule has 1 amide bonds. The molecule has 6 heteroatoms. The second kappa shape index (κ2) is 8.05. The van der Waals surface area contributed by atoms with E-state index in [1.54, 1.807) is 11.8 Å². The first-order valence-corrected chi connectivity index (χ1v) is 11.3. The average molecular weight is 422 g/mol. The second-order valence-corrected chi connectivity index (χ2v) is 8.85. The van der Waals surface area contributed by atoms with Crippen LogP contribution in [0.5, 0.6) is 11.5 Å². The lowest BCUT2D eigenvalue weighted by atomic mass is 10.2. The van der Waals surface area contributed by atoms with Gasteiger partial charge in [0, 0.05) is 21.1 Å². The van der Waals surface area contributed by atoms with Crippen molar-refractivity contribution in [3.05, 3.63) is 66.7 Å². The molecule has 3 aromatic rings. The summed E-state index contributed by atoms with van der Waals surface area (Å²) in [7, 11) is 0. The van der Waals surface area contributed by atoms with Gasteiger partial charge < -0.3 is 9.47 Å². The Morgan fingerprint density at radius 2 is 1.55 bits per heavy atom. The highest BCUT2D eigenvalue weighted by Crippen LogP contribution is 2.48. The smallest absolute Gasteiger partial charge is 0.241 e. The lowest BCUT2D eigenvalue weighted by Crippen LogP contribution is -2.29. The zero-order valence-electron chi connectivity index (χ0n) is 15.7. The van der Waals surface area contributed by atoms with Crippen molar-refractivity contribution in [2.75, 3.05) is 23.9 Å². The van der Waals surface area contributed by atoms with Gasteiger partial charge >= 0.3 is 0 Å². The van der Waals surface area contributed by atoms with Crippen LogP contribution in [0.1, 0.15) is 6.42 Å². The van der Waals surface area contributed by atoms with Crippen LogP contribution < -0.4 is 14.4 Å².